The number of nitrogens with one attached hydrogen (secondary N) is 2. The van der Waals surface area contributed by atoms with Gasteiger partial charge in [-0.2, -0.15) is 0 Å². The molecule has 2 N–H and O–H groups in total. The van der Waals surface area contributed by atoms with Gasteiger partial charge in [-0.1, -0.05) is 54.6 Å². The van der Waals surface area contributed by atoms with Gasteiger partial charge < -0.3 is 15.4 Å². The maximum atomic E-state index is 13.7. The lowest BCUT2D eigenvalue weighted by Crippen LogP contribution is -2.26. The molecule has 0 fully saturated rings. The SMILES string of the molecule is O=C1CC(c2ccc(F)cc2)CC2=C1C(c1cccc(Oc3ccccc3)c1)Nc1ccccc1N2. The maximum absolute atomic E-state index is 13.7. The Morgan fingerprint density at radius 2 is 1.44 bits per heavy atom. The quantitative estimate of drug-likeness (QED) is 0.318. The van der Waals surface area contributed by atoms with Crippen LogP contribution in [0.1, 0.15) is 35.9 Å². The number of hydrogen-bond acceptors (Lipinski definition) is 4. The van der Waals surface area contributed by atoms with Gasteiger partial charge in [0.25, 0.3) is 0 Å². The van der Waals surface area contributed by atoms with Gasteiger partial charge in [-0.25, -0.2) is 4.39 Å². The van der Waals surface area contributed by atoms with Crippen LogP contribution in [-0.2, 0) is 4.79 Å². The number of ketones is 1. The number of hydrogen-bond donors (Lipinski definition) is 2. The van der Waals surface area contributed by atoms with Gasteiger partial charge in [0.05, 0.1) is 17.4 Å². The van der Waals surface area contributed by atoms with Crippen molar-refractivity contribution in [2.75, 3.05) is 10.6 Å². The van der Waals surface area contributed by atoms with Crippen molar-refractivity contribution in [3.63, 3.8) is 0 Å². The first-order valence-electron chi connectivity index (χ1n) is 12.1. The standard InChI is InChI=1S/C31H25FN2O2/c32-23-15-13-20(14-16-23)22-18-28-30(29(35)19-22)31(34-27-12-5-4-11-26(27)33-28)21-7-6-10-25(17-21)36-24-8-2-1-3-9-24/h1-17,22,31,33-34H,18-19H2. The molecule has 0 saturated heterocycles. The summed E-state index contributed by atoms with van der Waals surface area (Å²) in [6, 6.07) is 31.7. The maximum Gasteiger partial charge on any atom is 0.163 e. The number of allylic oxidation sites excluding steroid dienone is 1. The van der Waals surface area contributed by atoms with E-state index < -0.39 is 0 Å². The number of halogens is 1. The van der Waals surface area contributed by atoms with Crippen LogP contribution < -0.4 is 15.4 Å². The Labute approximate surface area is 209 Å². The Kier molecular flexibility index (Phi) is 5.74. The molecule has 0 spiro atoms. The third-order valence-corrected chi connectivity index (χ3v) is 6.82. The molecule has 2 atom stereocenters. The van der Waals surface area contributed by atoms with Crippen molar-refractivity contribution in [2.45, 2.75) is 24.8 Å². The lowest BCUT2D eigenvalue weighted by molar-refractivity contribution is -0.116. The molecule has 1 aliphatic heterocycles. The summed E-state index contributed by atoms with van der Waals surface area (Å²) in [5, 5.41) is 7.16. The predicted molar refractivity (Wildman–Crippen MR) is 140 cm³/mol. The van der Waals surface area contributed by atoms with Crippen LogP contribution in [0.2, 0.25) is 0 Å². The molecule has 4 nitrogen and oxygen atoms in total. The van der Waals surface area contributed by atoms with Crippen LogP contribution in [0.15, 0.2) is 114 Å². The summed E-state index contributed by atoms with van der Waals surface area (Å²) in [5.41, 5.74) is 5.41. The average Bonchev–Trinajstić information content (AvgIpc) is 3.07. The highest BCUT2D eigenvalue weighted by atomic mass is 19.1. The van der Waals surface area contributed by atoms with Crippen LogP contribution in [0.4, 0.5) is 15.8 Å². The second-order valence-electron chi connectivity index (χ2n) is 9.21. The smallest absolute Gasteiger partial charge is 0.163 e. The summed E-state index contributed by atoms with van der Waals surface area (Å²) in [5.74, 6) is 1.26. The molecule has 4 aromatic carbocycles. The van der Waals surface area contributed by atoms with Crippen molar-refractivity contribution in [1.82, 2.24) is 0 Å². The first kappa shape index (κ1) is 22.1. The molecule has 0 bridgehead atoms. The van der Waals surface area contributed by atoms with E-state index in [0.717, 1.165) is 39.5 Å². The molecule has 178 valence electrons. The highest BCUT2D eigenvalue weighted by molar-refractivity contribution is 6.01. The van der Waals surface area contributed by atoms with Crippen molar-refractivity contribution < 1.29 is 13.9 Å². The van der Waals surface area contributed by atoms with Crippen molar-refractivity contribution in [3.05, 3.63) is 131 Å². The van der Waals surface area contributed by atoms with E-state index >= 15 is 0 Å². The first-order chi connectivity index (χ1) is 17.6. The Bertz CT molecular complexity index is 1450. The van der Waals surface area contributed by atoms with E-state index in [-0.39, 0.29) is 23.6 Å². The summed E-state index contributed by atoms with van der Waals surface area (Å²) in [7, 11) is 0. The zero-order chi connectivity index (χ0) is 24.5. The number of rotatable bonds is 4. The molecule has 0 radical (unpaired) electrons. The minimum atomic E-state index is -0.336. The third kappa shape index (κ3) is 4.36. The molecule has 0 aromatic heterocycles. The Morgan fingerprint density at radius 1 is 0.722 bits per heavy atom. The van der Waals surface area contributed by atoms with Gasteiger partial charge in [0.1, 0.15) is 17.3 Å². The fourth-order valence-corrected chi connectivity index (χ4v) is 5.10. The van der Waals surface area contributed by atoms with E-state index in [1.165, 1.54) is 12.1 Å². The number of anilines is 2. The molecule has 2 aliphatic rings. The van der Waals surface area contributed by atoms with E-state index in [4.69, 9.17) is 4.74 Å². The molecule has 36 heavy (non-hydrogen) atoms. The van der Waals surface area contributed by atoms with Crippen LogP contribution in [0.5, 0.6) is 11.5 Å². The molecule has 1 heterocycles. The Morgan fingerprint density at radius 3 is 2.25 bits per heavy atom. The van der Waals surface area contributed by atoms with Gasteiger partial charge in [-0.3, -0.25) is 4.79 Å². The Balaban J connectivity index is 1.40. The highest BCUT2D eigenvalue weighted by Crippen LogP contribution is 2.44. The fourth-order valence-electron chi connectivity index (χ4n) is 5.10. The van der Waals surface area contributed by atoms with Crippen molar-refractivity contribution in [3.8, 4) is 11.5 Å². The zero-order valence-corrected chi connectivity index (χ0v) is 19.6. The number of ether oxygens (including phenoxy) is 1. The molecule has 6 rings (SSSR count). The van der Waals surface area contributed by atoms with E-state index in [9.17, 15) is 9.18 Å². The van der Waals surface area contributed by atoms with Gasteiger partial charge in [0, 0.05) is 17.7 Å². The molecule has 0 saturated carbocycles. The molecular weight excluding hydrogens is 451 g/mol. The van der Waals surface area contributed by atoms with Crippen LogP contribution in [0.25, 0.3) is 0 Å². The lowest BCUT2D eigenvalue weighted by Gasteiger charge is -2.30. The second-order valence-corrected chi connectivity index (χ2v) is 9.21. The summed E-state index contributed by atoms with van der Waals surface area (Å²) >= 11 is 0. The fraction of sp³-hybridized carbons (Fsp3) is 0.129. The Hall–Kier alpha value is -4.38. The monoisotopic (exact) mass is 476 g/mol. The van der Waals surface area contributed by atoms with E-state index in [1.54, 1.807) is 12.1 Å². The summed E-state index contributed by atoms with van der Waals surface area (Å²) < 4.78 is 19.6. The van der Waals surface area contributed by atoms with Crippen molar-refractivity contribution in [1.29, 1.82) is 0 Å². The number of carbonyl (C=O) groups is 1. The van der Waals surface area contributed by atoms with Crippen LogP contribution in [0, 0.1) is 5.82 Å². The molecule has 0 amide bonds. The van der Waals surface area contributed by atoms with E-state index in [0.29, 0.717) is 18.6 Å². The normalized spacial score (nSPS) is 18.9. The van der Waals surface area contributed by atoms with Crippen LogP contribution in [-0.4, -0.2) is 5.78 Å². The summed E-state index contributed by atoms with van der Waals surface area (Å²) in [4.78, 5) is 13.7. The number of para-hydroxylation sites is 3. The van der Waals surface area contributed by atoms with Crippen molar-refractivity contribution in [2.24, 2.45) is 0 Å². The molecule has 1 aliphatic carbocycles. The summed E-state index contributed by atoms with van der Waals surface area (Å²) in [6.07, 6.45) is 1.04. The zero-order valence-electron chi connectivity index (χ0n) is 19.6. The topological polar surface area (TPSA) is 50.4 Å². The van der Waals surface area contributed by atoms with Gasteiger partial charge >= 0.3 is 0 Å². The highest BCUT2D eigenvalue weighted by Gasteiger charge is 2.36. The molecule has 4 aromatic rings. The number of fused-ring (bicyclic) bond motifs is 1. The number of carbonyl (C=O) groups excluding carboxylic acids is 1. The molecular formula is C31H25FN2O2. The minimum absolute atomic E-state index is 0.0111. The van der Waals surface area contributed by atoms with E-state index in [1.807, 2.05) is 78.9 Å². The number of Topliss-reactive ketones (excluding diaryl/α,β-unsaturated/α-hetero) is 1. The molecule has 2 unspecified atom stereocenters. The largest absolute Gasteiger partial charge is 0.457 e. The molecule has 5 heteroatoms. The van der Waals surface area contributed by atoms with Gasteiger partial charge in [-0.15, -0.1) is 0 Å². The average molecular weight is 477 g/mol. The van der Waals surface area contributed by atoms with Gasteiger partial charge in [-0.05, 0) is 72.0 Å². The van der Waals surface area contributed by atoms with Crippen molar-refractivity contribution >= 4 is 17.2 Å². The first-order valence-corrected chi connectivity index (χ1v) is 12.1. The number of benzene rings is 4. The third-order valence-electron chi connectivity index (χ3n) is 6.82. The van der Waals surface area contributed by atoms with Gasteiger partial charge in [0.2, 0.25) is 0 Å². The van der Waals surface area contributed by atoms with E-state index in [2.05, 4.69) is 10.6 Å². The van der Waals surface area contributed by atoms with Crippen LogP contribution >= 0.6 is 0 Å². The summed E-state index contributed by atoms with van der Waals surface area (Å²) in [6.45, 7) is 0. The van der Waals surface area contributed by atoms with Crippen LogP contribution in [0.3, 0.4) is 0 Å². The van der Waals surface area contributed by atoms with Gasteiger partial charge in [0.15, 0.2) is 5.78 Å². The minimum Gasteiger partial charge on any atom is -0.457 e. The lowest BCUT2D eigenvalue weighted by atomic mass is 9.78. The second kappa shape index (κ2) is 9.34. The predicted octanol–water partition coefficient (Wildman–Crippen LogP) is 7.60.